The Labute approximate surface area is 105 Å². The molecule has 0 amide bonds. The summed E-state index contributed by atoms with van der Waals surface area (Å²) < 4.78 is 2.03. The minimum absolute atomic E-state index is 0.238. The van der Waals surface area contributed by atoms with Crippen LogP contribution in [0.25, 0.3) is 0 Å². The van der Waals surface area contributed by atoms with E-state index in [1.54, 1.807) is 0 Å². The summed E-state index contributed by atoms with van der Waals surface area (Å²) in [5.74, 6) is 0.525. The van der Waals surface area contributed by atoms with E-state index in [-0.39, 0.29) is 6.04 Å². The Morgan fingerprint density at radius 1 is 1.47 bits per heavy atom. The fraction of sp³-hybridized carbons (Fsp3) is 0.769. The van der Waals surface area contributed by atoms with Crippen LogP contribution in [0, 0.1) is 12.8 Å². The van der Waals surface area contributed by atoms with Crippen molar-refractivity contribution in [1.29, 1.82) is 0 Å². The van der Waals surface area contributed by atoms with Crippen LogP contribution in [0.15, 0.2) is 6.20 Å². The number of hydrogen-bond donors (Lipinski definition) is 1. The standard InChI is InChI=1S/C13H26N4/c1-6-17-11(4)12(7-15-17)8-16(5)9-13(14)10(2)3/h7,10,13H,6,8-9,14H2,1-5H3. The summed E-state index contributed by atoms with van der Waals surface area (Å²) in [7, 11) is 2.12. The zero-order valence-electron chi connectivity index (χ0n) is 11.8. The molecule has 0 saturated carbocycles. The van der Waals surface area contributed by atoms with Gasteiger partial charge in [0.15, 0.2) is 0 Å². The first-order valence-electron chi connectivity index (χ1n) is 6.41. The monoisotopic (exact) mass is 238 g/mol. The Morgan fingerprint density at radius 3 is 2.59 bits per heavy atom. The molecule has 98 valence electrons. The number of aryl methyl sites for hydroxylation is 1. The first-order chi connectivity index (χ1) is 7.95. The highest BCUT2D eigenvalue weighted by atomic mass is 15.3. The molecule has 0 radical (unpaired) electrons. The summed E-state index contributed by atoms with van der Waals surface area (Å²) >= 11 is 0. The summed E-state index contributed by atoms with van der Waals surface area (Å²) in [6, 6.07) is 0.238. The highest BCUT2D eigenvalue weighted by Gasteiger charge is 2.13. The lowest BCUT2D eigenvalue weighted by Crippen LogP contribution is -2.38. The van der Waals surface area contributed by atoms with Crippen molar-refractivity contribution in [3.63, 3.8) is 0 Å². The second kappa shape index (κ2) is 6.17. The summed E-state index contributed by atoms with van der Waals surface area (Å²) in [6.07, 6.45) is 1.97. The molecule has 1 rings (SSSR count). The van der Waals surface area contributed by atoms with Gasteiger partial charge in [0.25, 0.3) is 0 Å². The lowest BCUT2D eigenvalue weighted by molar-refractivity contribution is 0.276. The molecule has 1 heterocycles. The quantitative estimate of drug-likeness (QED) is 0.819. The van der Waals surface area contributed by atoms with Gasteiger partial charge in [-0.3, -0.25) is 4.68 Å². The molecule has 0 spiro atoms. The van der Waals surface area contributed by atoms with Gasteiger partial charge in [0.05, 0.1) is 6.20 Å². The van der Waals surface area contributed by atoms with Crippen LogP contribution in [-0.2, 0) is 13.1 Å². The van der Waals surface area contributed by atoms with Crippen LogP contribution >= 0.6 is 0 Å². The van der Waals surface area contributed by atoms with Crippen molar-refractivity contribution in [3.8, 4) is 0 Å². The second-order valence-corrected chi connectivity index (χ2v) is 5.18. The van der Waals surface area contributed by atoms with E-state index in [1.807, 2.05) is 10.9 Å². The van der Waals surface area contributed by atoms with E-state index < -0.39 is 0 Å². The predicted molar refractivity (Wildman–Crippen MR) is 71.8 cm³/mol. The molecule has 0 bridgehead atoms. The maximum Gasteiger partial charge on any atom is 0.0537 e. The van der Waals surface area contributed by atoms with Crippen LogP contribution in [0.1, 0.15) is 32.0 Å². The third-order valence-corrected chi connectivity index (χ3v) is 3.32. The molecule has 4 heteroatoms. The van der Waals surface area contributed by atoms with Crippen molar-refractivity contribution in [2.24, 2.45) is 11.7 Å². The summed E-state index contributed by atoms with van der Waals surface area (Å²) in [6.45, 7) is 11.4. The van der Waals surface area contributed by atoms with Crippen LogP contribution < -0.4 is 5.73 Å². The van der Waals surface area contributed by atoms with Gasteiger partial charge in [-0.25, -0.2) is 0 Å². The third-order valence-electron chi connectivity index (χ3n) is 3.32. The molecule has 0 aliphatic rings. The molecule has 1 unspecified atom stereocenters. The van der Waals surface area contributed by atoms with E-state index in [2.05, 4.69) is 44.7 Å². The molecule has 1 atom stereocenters. The highest BCUT2D eigenvalue weighted by Crippen LogP contribution is 2.10. The van der Waals surface area contributed by atoms with Gasteiger partial charge in [0, 0.05) is 36.9 Å². The molecule has 2 N–H and O–H groups in total. The maximum absolute atomic E-state index is 6.08. The molecular formula is C13H26N4. The van der Waals surface area contributed by atoms with Crippen molar-refractivity contribution in [2.45, 2.75) is 46.8 Å². The lowest BCUT2D eigenvalue weighted by Gasteiger charge is -2.23. The fourth-order valence-electron chi connectivity index (χ4n) is 1.89. The van der Waals surface area contributed by atoms with E-state index in [0.29, 0.717) is 5.92 Å². The normalized spacial score (nSPS) is 13.6. The van der Waals surface area contributed by atoms with Crippen molar-refractivity contribution >= 4 is 0 Å². The number of rotatable bonds is 6. The number of aromatic nitrogens is 2. The minimum atomic E-state index is 0.238. The molecular weight excluding hydrogens is 212 g/mol. The Kier molecular flexibility index (Phi) is 5.15. The Bertz CT molecular complexity index is 343. The Morgan fingerprint density at radius 2 is 2.12 bits per heavy atom. The van der Waals surface area contributed by atoms with E-state index >= 15 is 0 Å². The number of nitrogens with two attached hydrogens (primary N) is 1. The average molecular weight is 238 g/mol. The van der Waals surface area contributed by atoms with E-state index in [1.165, 1.54) is 11.3 Å². The van der Waals surface area contributed by atoms with Gasteiger partial charge in [-0.2, -0.15) is 5.10 Å². The van der Waals surface area contributed by atoms with Crippen LogP contribution in [0.2, 0.25) is 0 Å². The molecule has 1 aromatic rings. The number of likely N-dealkylation sites (N-methyl/N-ethyl adjacent to an activating group) is 1. The molecule has 1 aromatic heterocycles. The van der Waals surface area contributed by atoms with Crippen molar-refractivity contribution in [1.82, 2.24) is 14.7 Å². The molecule has 4 nitrogen and oxygen atoms in total. The molecule has 17 heavy (non-hydrogen) atoms. The maximum atomic E-state index is 6.08. The minimum Gasteiger partial charge on any atom is -0.326 e. The number of hydrogen-bond acceptors (Lipinski definition) is 3. The zero-order chi connectivity index (χ0) is 13.0. The van der Waals surface area contributed by atoms with Gasteiger partial charge >= 0.3 is 0 Å². The first-order valence-corrected chi connectivity index (χ1v) is 6.41. The highest BCUT2D eigenvalue weighted by molar-refractivity contribution is 5.15. The average Bonchev–Trinajstić information content (AvgIpc) is 2.59. The fourth-order valence-corrected chi connectivity index (χ4v) is 1.89. The summed E-state index contributed by atoms with van der Waals surface area (Å²) in [5, 5.41) is 4.36. The smallest absolute Gasteiger partial charge is 0.0537 e. The van der Waals surface area contributed by atoms with Crippen molar-refractivity contribution < 1.29 is 0 Å². The van der Waals surface area contributed by atoms with Gasteiger partial charge < -0.3 is 10.6 Å². The Balaban J connectivity index is 2.56. The van der Waals surface area contributed by atoms with Crippen LogP contribution in [0.4, 0.5) is 0 Å². The first kappa shape index (κ1) is 14.2. The molecule has 0 aliphatic heterocycles. The van der Waals surface area contributed by atoms with Gasteiger partial charge in [0.1, 0.15) is 0 Å². The van der Waals surface area contributed by atoms with Crippen LogP contribution in [-0.4, -0.2) is 34.3 Å². The third kappa shape index (κ3) is 3.82. The van der Waals surface area contributed by atoms with Crippen LogP contribution in [0.3, 0.4) is 0 Å². The van der Waals surface area contributed by atoms with Gasteiger partial charge in [0.2, 0.25) is 0 Å². The van der Waals surface area contributed by atoms with E-state index in [9.17, 15) is 0 Å². The zero-order valence-corrected chi connectivity index (χ0v) is 11.8. The van der Waals surface area contributed by atoms with E-state index in [4.69, 9.17) is 5.73 Å². The summed E-state index contributed by atoms with van der Waals surface area (Å²) in [5.41, 5.74) is 8.64. The number of nitrogens with zero attached hydrogens (tertiary/aromatic N) is 3. The predicted octanol–water partition coefficient (Wildman–Crippen LogP) is 1.63. The molecule has 0 aromatic carbocycles. The topological polar surface area (TPSA) is 47.1 Å². The SMILES string of the molecule is CCn1ncc(CN(C)CC(N)C(C)C)c1C. The Hall–Kier alpha value is -0.870. The summed E-state index contributed by atoms with van der Waals surface area (Å²) in [4.78, 5) is 2.27. The van der Waals surface area contributed by atoms with Gasteiger partial charge in [-0.05, 0) is 26.8 Å². The second-order valence-electron chi connectivity index (χ2n) is 5.18. The van der Waals surface area contributed by atoms with Crippen molar-refractivity contribution in [2.75, 3.05) is 13.6 Å². The largest absolute Gasteiger partial charge is 0.326 e. The molecule has 0 aliphatic carbocycles. The van der Waals surface area contributed by atoms with Gasteiger partial charge in [-0.1, -0.05) is 13.8 Å². The lowest BCUT2D eigenvalue weighted by atomic mass is 10.1. The van der Waals surface area contributed by atoms with Crippen LogP contribution in [0.5, 0.6) is 0 Å². The molecule has 0 saturated heterocycles. The van der Waals surface area contributed by atoms with E-state index in [0.717, 1.165) is 19.6 Å². The van der Waals surface area contributed by atoms with Gasteiger partial charge in [-0.15, -0.1) is 0 Å². The van der Waals surface area contributed by atoms with Crippen molar-refractivity contribution in [3.05, 3.63) is 17.5 Å². The molecule has 0 fully saturated rings.